The van der Waals surface area contributed by atoms with Crippen LogP contribution < -0.4 is 11.1 Å². The monoisotopic (exact) mass is 412 g/mol. The smallest absolute Gasteiger partial charge is 0.404 e. The lowest BCUT2D eigenvalue weighted by molar-refractivity contribution is -0.199. The van der Waals surface area contributed by atoms with Crippen molar-refractivity contribution >= 4 is 13.0 Å². The van der Waals surface area contributed by atoms with Gasteiger partial charge < -0.3 is 20.4 Å². The van der Waals surface area contributed by atoms with E-state index in [1.54, 1.807) is 0 Å². The number of rotatable bonds is 7. The molecule has 164 valence electrons. The average molecular weight is 412 g/mol. The minimum Gasteiger partial charge on any atom is -0.404 e. The maximum Gasteiger partial charge on any atom is 0.481 e. The fraction of sp³-hybridized carbons (Fsp3) is 0.708. The zero-order chi connectivity index (χ0) is 21.7. The van der Waals surface area contributed by atoms with Crippen LogP contribution in [0.1, 0.15) is 59.4 Å². The lowest BCUT2D eigenvalue weighted by Gasteiger charge is -2.64. The van der Waals surface area contributed by atoms with Gasteiger partial charge in [0.25, 0.3) is 0 Å². The van der Waals surface area contributed by atoms with Gasteiger partial charge in [-0.2, -0.15) is 0 Å². The molecule has 0 spiro atoms. The highest BCUT2D eigenvalue weighted by atomic mass is 16.7. The molecular formula is C24H37BN2O3. The molecule has 6 atom stereocenters. The molecule has 1 amide bonds. The zero-order valence-corrected chi connectivity index (χ0v) is 19.1. The van der Waals surface area contributed by atoms with E-state index in [9.17, 15) is 4.79 Å². The van der Waals surface area contributed by atoms with Crippen LogP contribution in [0.2, 0.25) is 0 Å². The summed E-state index contributed by atoms with van der Waals surface area (Å²) < 4.78 is 13.1. The van der Waals surface area contributed by atoms with Crippen LogP contribution in [-0.4, -0.2) is 36.7 Å². The van der Waals surface area contributed by atoms with Gasteiger partial charge in [0, 0.05) is 0 Å². The van der Waals surface area contributed by atoms with Crippen LogP contribution in [0.3, 0.4) is 0 Å². The zero-order valence-electron chi connectivity index (χ0n) is 19.1. The van der Waals surface area contributed by atoms with Crippen LogP contribution in [-0.2, 0) is 20.5 Å². The van der Waals surface area contributed by atoms with E-state index in [2.05, 4.69) is 39.9 Å². The lowest BCUT2D eigenvalue weighted by atomic mass is 9.43. The van der Waals surface area contributed by atoms with Crippen molar-refractivity contribution < 1.29 is 14.1 Å². The molecule has 2 bridgehead atoms. The molecular weight excluding hydrogens is 375 g/mol. The van der Waals surface area contributed by atoms with Gasteiger partial charge >= 0.3 is 7.12 Å². The van der Waals surface area contributed by atoms with E-state index in [0.29, 0.717) is 29.6 Å². The van der Waals surface area contributed by atoms with Crippen LogP contribution in [0.15, 0.2) is 30.3 Å². The molecule has 5 nitrogen and oxygen atoms in total. The Bertz CT molecular complexity index is 771. The molecule has 3 aliphatic carbocycles. The summed E-state index contributed by atoms with van der Waals surface area (Å²) in [5, 5.41) is 3.17. The van der Waals surface area contributed by atoms with Crippen LogP contribution >= 0.6 is 0 Å². The van der Waals surface area contributed by atoms with Gasteiger partial charge in [0.2, 0.25) is 5.91 Å². The number of carbonyl (C=O) groups excluding carboxylic acids is 1. The molecule has 3 N–H and O–H groups in total. The molecule has 0 radical (unpaired) electrons. The van der Waals surface area contributed by atoms with E-state index in [1.165, 1.54) is 6.42 Å². The van der Waals surface area contributed by atoms with Crippen molar-refractivity contribution in [1.82, 2.24) is 5.32 Å². The molecule has 4 aliphatic rings. The van der Waals surface area contributed by atoms with Gasteiger partial charge in [0.05, 0.1) is 23.7 Å². The van der Waals surface area contributed by atoms with Gasteiger partial charge in [0.1, 0.15) is 0 Å². The van der Waals surface area contributed by atoms with Crippen molar-refractivity contribution in [2.75, 3.05) is 0 Å². The highest BCUT2D eigenvalue weighted by Gasteiger charge is 2.68. The highest BCUT2D eigenvalue weighted by Crippen LogP contribution is 2.65. The maximum atomic E-state index is 12.9. The van der Waals surface area contributed by atoms with E-state index >= 15 is 0 Å². The standard InChI is InChI=1S/C24H37BN2O3/c1-15(2)11-21(27-22(28)18(26)12-16-9-7-6-8-10-16)25-29-20-14-17-13-19(23(17,3)4)24(20,5)30-25/h6-10,15,17-21H,11-14,26H2,1-5H3,(H,27,28)/t17?,18?,19-,20+,21-,24-/m0/s1. The third kappa shape index (κ3) is 3.83. The predicted octanol–water partition coefficient (Wildman–Crippen LogP) is 3.35. The first-order valence-electron chi connectivity index (χ1n) is 11.5. The maximum absolute atomic E-state index is 12.9. The summed E-state index contributed by atoms with van der Waals surface area (Å²) in [6, 6.07) is 9.32. The molecule has 4 fully saturated rings. The Hall–Kier alpha value is -1.37. The number of nitrogens with two attached hydrogens (primary N) is 1. The Kier molecular flexibility index (Phi) is 5.80. The SMILES string of the molecule is CC(C)C[C@H](NC(=O)C(N)Cc1ccccc1)B1O[C@@H]2CC3C[C@@H](C3(C)C)[C@]2(C)O1. The molecule has 5 rings (SSSR count). The third-order valence-electron chi connectivity index (χ3n) is 7.99. The third-order valence-corrected chi connectivity index (χ3v) is 7.99. The molecule has 3 saturated carbocycles. The fourth-order valence-electron chi connectivity index (χ4n) is 6.07. The number of benzene rings is 1. The quantitative estimate of drug-likeness (QED) is 0.674. The number of hydrogen-bond donors (Lipinski definition) is 2. The highest BCUT2D eigenvalue weighted by molar-refractivity contribution is 6.47. The second-order valence-corrected chi connectivity index (χ2v) is 10.9. The Balaban J connectivity index is 1.44. The summed E-state index contributed by atoms with van der Waals surface area (Å²) in [5.41, 5.74) is 7.34. The normalized spacial score (nSPS) is 33.6. The Labute approximate surface area is 181 Å². The van der Waals surface area contributed by atoms with Crippen molar-refractivity contribution in [1.29, 1.82) is 0 Å². The molecule has 1 saturated heterocycles. The summed E-state index contributed by atoms with van der Waals surface area (Å²) >= 11 is 0. The summed E-state index contributed by atoms with van der Waals surface area (Å²) in [5.74, 6) is 1.30. The molecule has 1 aromatic carbocycles. The van der Waals surface area contributed by atoms with Gasteiger partial charge in [-0.05, 0) is 61.3 Å². The number of carbonyl (C=O) groups is 1. The van der Waals surface area contributed by atoms with Crippen molar-refractivity contribution in [3.63, 3.8) is 0 Å². The van der Waals surface area contributed by atoms with E-state index in [4.69, 9.17) is 15.0 Å². The Morgan fingerprint density at radius 3 is 2.57 bits per heavy atom. The molecule has 30 heavy (non-hydrogen) atoms. The Morgan fingerprint density at radius 1 is 1.23 bits per heavy atom. The summed E-state index contributed by atoms with van der Waals surface area (Å²) in [6.45, 7) is 11.3. The molecule has 0 aromatic heterocycles. The summed E-state index contributed by atoms with van der Waals surface area (Å²) in [6.07, 6.45) is 3.70. The van der Waals surface area contributed by atoms with Crippen molar-refractivity contribution in [3.8, 4) is 0 Å². The topological polar surface area (TPSA) is 73.6 Å². The van der Waals surface area contributed by atoms with E-state index < -0.39 is 13.2 Å². The van der Waals surface area contributed by atoms with Gasteiger partial charge in [-0.25, -0.2) is 0 Å². The van der Waals surface area contributed by atoms with E-state index in [0.717, 1.165) is 18.4 Å². The second kappa shape index (κ2) is 7.96. The van der Waals surface area contributed by atoms with Crippen molar-refractivity contribution in [2.24, 2.45) is 28.9 Å². The minimum atomic E-state index is -0.590. The Morgan fingerprint density at radius 2 is 1.93 bits per heavy atom. The first kappa shape index (κ1) is 21.9. The minimum absolute atomic E-state index is 0.115. The summed E-state index contributed by atoms with van der Waals surface area (Å²) in [4.78, 5) is 12.9. The van der Waals surface area contributed by atoms with Crippen LogP contribution in [0, 0.1) is 23.2 Å². The van der Waals surface area contributed by atoms with Gasteiger partial charge in [-0.3, -0.25) is 4.79 Å². The first-order valence-corrected chi connectivity index (χ1v) is 11.5. The fourth-order valence-corrected chi connectivity index (χ4v) is 6.07. The van der Waals surface area contributed by atoms with Gasteiger partial charge in [-0.15, -0.1) is 0 Å². The van der Waals surface area contributed by atoms with E-state index in [-0.39, 0.29) is 23.6 Å². The largest absolute Gasteiger partial charge is 0.481 e. The van der Waals surface area contributed by atoms with E-state index in [1.807, 2.05) is 30.3 Å². The van der Waals surface area contributed by atoms with Crippen LogP contribution in [0.4, 0.5) is 0 Å². The van der Waals surface area contributed by atoms with Crippen molar-refractivity contribution in [2.45, 2.75) is 84.0 Å². The average Bonchev–Trinajstić information content (AvgIpc) is 3.04. The predicted molar refractivity (Wildman–Crippen MR) is 120 cm³/mol. The molecule has 1 heterocycles. The molecule has 1 aromatic rings. The van der Waals surface area contributed by atoms with Crippen molar-refractivity contribution in [3.05, 3.63) is 35.9 Å². The van der Waals surface area contributed by atoms with Gasteiger partial charge in [0.15, 0.2) is 0 Å². The van der Waals surface area contributed by atoms with Crippen LogP contribution in [0.5, 0.6) is 0 Å². The molecule has 2 unspecified atom stereocenters. The van der Waals surface area contributed by atoms with Gasteiger partial charge in [-0.1, -0.05) is 58.0 Å². The number of amides is 1. The number of hydrogen-bond acceptors (Lipinski definition) is 4. The molecule has 6 heteroatoms. The number of nitrogens with one attached hydrogen (secondary N) is 1. The summed E-state index contributed by atoms with van der Waals surface area (Å²) in [7, 11) is -0.412. The molecule has 1 aliphatic heterocycles. The van der Waals surface area contributed by atoms with Crippen LogP contribution in [0.25, 0.3) is 0 Å². The lowest BCUT2D eigenvalue weighted by Crippen LogP contribution is -2.65. The first-order chi connectivity index (χ1) is 14.1. The second-order valence-electron chi connectivity index (χ2n) is 10.9.